The van der Waals surface area contributed by atoms with Gasteiger partial charge in [0.05, 0.1) is 29.9 Å². The lowest BCUT2D eigenvalue weighted by molar-refractivity contribution is 0.496. The molecule has 1 aromatic carbocycles. The van der Waals surface area contributed by atoms with E-state index in [1.807, 2.05) is 38.1 Å². The van der Waals surface area contributed by atoms with Gasteiger partial charge in [0.2, 0.25) is 5.95 Å². The van der Waals surface area contributed by atoms with Crippen LogP contribution in [0.15, 0.2) is 39.9 Å². The Hall–Kier alpha value is -4.41. The molecule has 1 aliphatic rings. The fourth-order valence-corrected chi connectivity index (χ4v) is 4.76. The van der Waals surface area contributed by atoms with Crippen LogP contribution in [0, 0.1) is 23.2 Å². The van der Waals surface area contributed by atoms with Crippen molar-refractivity contribution in [2.75, 3.05) is 18.0 Å². The number of aryl methyl sites for hydroxylation is 1. The molecule has 1 fully saturated rings. The molecule has 38 heavy (non-hydrogen) atoms. The van der Waals surface area contributed by atoms with Crippen molar-refractivity contribution in [2.45, 2.75) is 52.7 Å². The number of fused-ring (bicyclic) bond motifs is 2. The molecule has 0 radical (unpaired) electrons. The molecule has 2 N–H and O–H groups in total. The number of rotatable bonds is 4. The smallest absolute Gasteiger partial charge is 0.332 e. The van der Waals surface area contributed by atoms with Crippen molar-refractivity contribution < 1.29 is 0 Å². The molecule has 1 aliphatic heterocycles. The van der Waals surface area contributed by atoms with Crippen molar-refractivity contribution >= 4 is 28.0 Å². The van der Waals surface area contributed by atoms with Gasteiger partial charge in [0.15, 0.2) is 11.2 Å². The number of piperidine rings is 1. The van der Waals surface area contributed by atoms with Crippen LogP contribution in [-0.2, 0) is 20.1 Å². The van der Waals surface area contributed by atoms with E-state index in [0.717, 1.165) is 29.3 Å². The molecule has 0 unspecified atom stereocenters. The highest BCUT2D eigenvalue weighted by molar-refractivity contribution is 5.80. The van der Waals surface area contributed by atoms with Gasteiger partial charge in [0.25, 0.3) is 5.56 Å². The Morgan fingerprint density at radius 2 is 1.92 bits per heavy atom. The Labute approximate surface area is 220 Å². The molecule has 10 nitrogen and oxygen atoms in total. The third-order valence-electron chi connectivity index (χ3n) is 6.60. The molecule has 3 aromatic heterocycles. The molecule has 0 aliphatic carbocycles. The van der Waals surface area contributed by atoms with Crippen LogP contribution in [0.1, 0.15) is 44.9 Å². The maximum absolute atomic E-state index is 13.8. The van der Waals surface area contributed by atoms with Gasteiger partial charge in [-0.1, -0.05) is 38.0 Å². The zero-order valence-electron chi connectivity index (χ0n) is 22.2. The van der Waals surface area contributed by atoms with Gasteiger partial charge in [-0.25, -0.2) is 9.78 Å². The standard InChI is InChI=1S/C26H26N8O2.C2H6/c1-3-4-12-33-22-23(30-25(33)32-11-7-9-19(28)15-32)31(2)26(36)34(24(22)35)16-21-18(14-27)13-17-8-5-6-10-20(17)29-21;1-2/h5-6,8,10,13,19H,7,9,11-12,15-16,28H2,1-2H3;1-2H3/t19-;/m1./s1. The number of para-hydroxylation sites is 1. The maximum atomic E-state index is 13.8. The van der Waals surface area contributed by atoms with Gasteiger partial charge < -0.3 is 10.6 Å². The monoisotopic (exact) mass is 512 g/mol. The lowest BCUT2D eigenvalue weighted by Crippen LogP contribution is -2.44. The number of hydrogen-bond acceptors (Lipinski definition) is 7. The van der Waals surface area contributed by atoms with Gasteiger partial charge in [0.1, 0.15) is 6.07 Å². The normalized spacial score (nSPS) is 14.9. The van der Waals surface area contributed by atoms with E-state index in [1.165, 1.54) is 4.57 Å². The first kappa shape index (κ1) is 26.6. The van der Waals surface area contributed by atoms with Gasteiger partial charge in [-0.3, -0.25) is 18.5 Å². The van der Waals surface area contributed by atoms with Gasteiger partial charge in [0, 0.05) is 31.6 Å². The van der Waals surface area contributed by atoms with Crippen molar-refractivity contribution in [3.63, 3.8) is 0 Å². The number of nitrogens with zero attached hydrogens (tertiary/aromatic N) is 7. The number of imidazole rings is 1. The number of anilines is 1. The third kappa shape index (κ3) is 4.79. The van der Waals surface area contributed by atoms with E-state index in [9.17, 15) is 14.9 Å². The number of hydrogen-bond donors (Lipinski definition) is 1. The average molecular weight is 513 g/mol. The summed E-state index contributed by atoms with van der Waals surface area (Å²) in [5.74, 6) is 6.48. The average Bonchev–Trinajstić information content (AvgIpc) is 3.33. The lowest BCUT2D eigenvalue weighted by atomic mass is 10.1. The molecule has 196 valence electrons. The SMILES string of the molecule is CC.CC#CCn1c(N2CCC[C@@H](N)C2)nc2c1c(=O)n(Cc1nc3ccccc3cc1C#N)c(=O)n2C. The van der Waals surface area contributed by atoms with Crippen LogP contribution >= 0.6 is 0 Å². The quantitative estimate of drug-likeness (QED) is 0.416. The first-order valence-corrected chi connectivity index (χ1v) is 12.8. The van der Waals surface area contributed by atoms with E-state index in [4.69, 9.17) is 10.7 Å². The molecule has 10 heteroatoms. The van der Waals surface area contributed by atoms with Gasteiger partial charge >= 0.3 is 5.69 Å². The van der Waals surface area contributed by atoms with E-state index >= 15 is 0 Å². The number of benzene rings is 1. The minimum absolute atomic E-state index is 0.00753. The second-order valence-corrected chi connectivity index (χ2v) is 8.97. The summed E-state index contributed by atoms with van der Waals surface area (Å²) in [6.45, 7) is 7.21. The largest absolute Gasteiger partial charge is 0.341 e. The fraction of sp³-hybridized carbons (Fsp3) is 0.393. The molecule has 0 amide bonds. The van der Waals surface area contributed by atoms with Crippen LogP contribution in [0.2, 0.25) is 0 Å². The van der Waals surface area contributed by atoms with E-state index < -0.39 is 11.2 Å². The fourth-order valence-electron chi connectivity index (χ4n) is 4.76. The Bertz CT molecular complexity index is 1710. The van der Waals surface area contributed by atoms with E-state index in [1.54, 1.807) is 24.6 Å². The molecule has 1 saturated heterocycles. The van der Waals surface area contributed by atoms with Crippen molar-refractivity contribution in [1.29, 1.82) is 5.26 Å². The van der Waals surface area contributed by atoms with Crippen LogP contribution in [0.4, 0.5) is 5.95 Å². The first-order valence-electron chi connectivity index (χ1n) is 12.8. The topological polar surface area (TPSA) is 128 Å². The van der Waals surface area contributed by atoms with Crippen molar-refractivity contribution in [3.8, 4) is 17.9 Å². The van der Waals surface area contributed by atoms with E-state index in [0.29, 0.717) is 34.9 Å². The van der Waals surface area contributed by atoms with E-state index in [-0.39, 0.29) is 24.6 Å². The second-order valence-electron chi connectivity index (χ2n) is 8.97. The van der Waals surface area contributed by atoms with E-state index in [2.05, 4.69) is 27.8 Å². The summed E-state index contributed by atoms with van der Waals surface area (Å²) in [5, 5.41) is 10.5. The summed E-state index contributed by atoms with van der Waals surface area (Å²) in [6.07, 6.45) is 1.84. The van der Waals surface area contributed by atoms with Crippen molar-refractivity contribution in [1.82, 2.24) is 23.7 Å². The first-order chi connectivity index (χ1) is 18.4. The second kappa shape index (κ2) is 11.3. The summed E-state index contributed by atoms with van der Waals surface area (Å²) < 4.78 is 4.25. The number of pyridine rings is 1. The Morgan fingerprint density at radius 3 is 2.63 bits per heavy atom. The predicted octanol–water partition coefficient (Wildman–Crippen LogP) is 2.34. The minimum atomic E-state index is -0.528. The maximum Gasteiger partial charge on any atom is 0.332 e. The molecular weight excluding hydrogens is 480 g/mol. The van der Waals surface area contributed by atoms with Crippen molar-refractivity contribution in [2.24, 2.45) is 12.8 Å². The van der Waals surface area contributed by atoms with Gasteiger partial charge in [-0.05, 0) is 31.9 Å². The molecule has 4 aromatic rings. The summed E-state index contributed by atoms with van der Waals surface area (Å²) in [7, 11) is 1.59. The predicted molar refractivity (Wildman–Crippen MR) is 149 cm³/mol. The Morgan fingerprint density at radius 1 is 1.16 bits per heavy atom. The van der Waals surface area contributed by atoms with Crippen LogP contribution < -0.4 is 21.9 Å². The number of aromatic nitrogens is 5. The minimum Gasteiger partial charge on any atom is -0.341 e. The number of nitrogens with two attached hydrogens (primary N) is 1. The molecule has 0 bridgehead atoms. The molecular formula is C28H32N8O2. The zero-order valence-corrected chi connectivity index (χ0v) is 22.2. The van der Waals surface area contributed by atoms with Crippen LogP contribution in [0.3, 0.4) is 0 Å². The molecule has 0 saturated carbocycles. The van der Waals surface area contributed by atoms with Gasteiger partial charge in [-0.15, -0.1) is 5.92 Å². The third-order valence-corrected chi connectivity index (χ3v) is 6.60. The summed E-state index contributed by atoms with van der Waals surface area (Å²) in [5.41, 5.74) is 7.12. The molecule has 4 heterocycles. The Kier molecular flexibility index (Phi) is 7.94. The van der Waals surface area contributed by atoms with Crippen molar-refractivity contribution in [3.05, 3.63) is 62.4 Å². The van der Waals surface area contributed by atoms with Crippen LogP contribution in [-0.4, -0.2) is 42.8 Å². The van der Waals surface area contributed by atoms with Crippen LogP contribution in [0.25, 0.3) is 22.1 Å². The molecule has 5 rings (SSSR count). The van der Waals surface area contributed by atoms with Gasteiger partial charge in [-0.2, -0.15) is 10.2 Å². The summed E-state index contributed by atoms with van der Waals surface area (Å²) in [4.78, 5) is 38.5. The van der Waals surface area contributed by atoms with Crippen LogP contribution in [0.5, 0.6) is 0 Å². The highest BCUT2D eigenvalue weighted by Crippen LogP contribution is 2.23. The summed E-state index contributed by atoms with van der Waals surface area (Å²) in [6, 6.07) is 11.3. The molecule has 1 atom stereocenters. The Balaban J connectivity index is 0.00000164. The number of nitriles is 1. The highest BCUT2D eigenvalue weighted by atomic mass is 16.2. The molecule has 0 spiro atoms. The zero-order chi connectivity index (χ0) is 27.4. The lowest BCUT2D eigenvalue weighted by Gasteiger charge is -2.31. The highest BCUT2D eigenvalue weighted by Gasteiger charge is 2.26. The summed E-state index contributed by atoms with van der Waals surface area (Å²) >= 11 is 0.